The van der Waals surface area contributed by atoms with E-state index in [1.165, 1.54) is 19.2 Å². The lowest BCUT2D eigenvalue weighted by molar-refractivity contribution is -0.123. The van der Waals surface area contributed by atoms with E-state index in [9.17, 15) is 18.0 Å². The molecule has 0 fully saturated rings. The van der Waals surface area contributed by atoms with Gasteiger partial charge >= 0.3 is 0 Å². The second-order valence-corrected chi connectivity index (χ2v) is 8.47. The Hall–Kier alpha value is -4.40. The van der Waals surface area contributed by atoms with Crippen LogP contribution >= 0.6 is 0 Å². The van der Waals surface area contributed by atoms with Crippen molar-refractivity contribution in [2.45, 2.75) is 4.90 Å². The molecule has 3 aromatic carbocycles. The Balaban J connectivity index is 1.55. The number of sulfonamides is 1. The molecule has 11 heteroatoms. The summed E-state index contributed by atoms with van der Waals surface area (Å²) in [6, 6.07) is 19.7. The van der Waals surface area contributed by atoms with Gasteiger partial charge in [0.15, 0.2) is 6.61 Å². The van der Waals surface area contributed by atoms with Crippen molar-refractivity contribution in [3.63, 3.8) is 0 Å². The van der Waals surface area contributed by atoms with Gasteiger partial charge in [0, 0.05) is 0 Å². The fourth-order valence-corrected chi connectivity index (χ4v) is 3.44. The number of benzene rings is 3. The van der Waals surface area contributed by atoms with Crippen molar-refractivity contribution in [2.75, 3.05) is 13.7 Å². The number of amides is 2. The fraction of sp³-hybridized carbons (Fsp3) is 0.0870. The van der Waals surface area contributed by atoms with Crippen LogP contribution in [0.2, 0.25) is 0 Å². The third-order valence-corrected chi connectivity index (χ3v) is 5.54. The van der Waals surface area contributed by atoms with Crippen molar-refractivity contribution >= 4 is 21.8 Å². The number of rotatable bonds is 7. The maximum atomic E-state index is 12.4. The Morgan fingerprint density at radius 1 is 0.971 bits per heavy atom. The van der Waals surface area contributed by atoms with Crippen molar-refractivity contribution in [3.8, 4) is 28.7 Å². The van der Waals surface area contributed by atoms with E-state index in [1.54, 1.807) is 36.4 Å². The van der Waals surface area contributed by atoms with Crippen molar-refractivity contribution < 1.29 is 27.5 Å². The summed E-state index contributed by atoms with van der Waals surface area (Å²) in [7, 11) is -2.73. The highest BCUT2D eigenvalue weighted by Crippen LogP contribution is 2.23. The topological polar surface area (TPSA) is 161 Å². The average Bonchev–Trinajstić information content (AvgIpc) is 2.85. The largest absolute Gasteiger partial charge is 0.496 e. The number of primary sulfonamides is 1. The quantitative estimate of drug-likeness (QED) is 0.434. The van der Waals surface area contributed by atoms with Crippen LogP contribution in [0.4, 0.5) is 0 Å². The minimum Gasteiger partial charge on any atom is -0.496 e. The second kappa shape index (κ2) is 10.5. The standard InChI is InChI=1S/C23H20N4O6S/c1-32-21-11-10-19(34(25,30)31)12-20(21)23(29)27-26-22(28)14-33-18-8-6-17(7-9-18)16-4-2-15(13-24)3-5-16/h2-12H,14H2,1H3,(H,26,28)(H,27,29)(H2,25,30,31). The molecule has 0 aliphatic heterocycles. The Labute approximate surface area is 195 Å². The molecule has 10 nitrogen and oxygen atoms in total. The molecule has 4 N–H and O–H groups in total. The first-order valence-corrected chi connectivity index (χ1v) is 11.3. The predicted octanol–water partition coefficient (Wildman–Crippen LogP) is 1.72. The normalized spacial score (nSPS) is 10.6. The third-order valence-electron chi connectivity index (χ3n) is 4.63. The van der Waals surface area contributed by atoms with Crippen LogP contribution in [0.5, 0.6) is 11.5 Å². The number of carbonyl (C=O) groups excluding carboxylic acids is 2. The summed E-state index contributed by atoms with van der Waals surface area (Å²) in [5, 5.41) is 14.0. The Morgan fingerprint density at radius 3 is 2.15 bits per heavy atom. The van der Waals surface area contributed by atoms with Crippen LogP contribution in [-0.4, -0.2) is 33.9 Å². The van der Waals surface area contributed by atoms with Crippen LogP contribution in [0.25, 0.3) is 11.1 Å². The van der Waals surface area contributed by atoms with Crippen LogP contribution in [0.1, 0.15) is 15.9 Å². The molecule has 3 aromatic rings. The molecule has 3 rings (SSSR count). The van der Waals surface area contributed by atoms with Crippen LogP contribution in [-0.2, 0) is 14.8 Å². The number of carbonyl (C=O) groups is 2. The van der Waals surface area contributed by atoms with Gasteiger partial charge in [-0.2, -0.15) is 5.26 Å². The molecular weight excluding hydrogens is 460 g/mol. The van der Waals surface area contributed by atoms with Crippen molar-refractivity contribution in [2.24, 2.45) is 5.14 Å². The lowest BCUT2D eigenvalue weighted by atomic mass is 10.0. The first-order valence-electron chi connectivity index (χ1n) is 9.74. The monoisotopic (exact) mass is 480 g/mol. The average molecular weight is 481 g/mol. The summed E-state index contributed by atoms with van der Waals surface area (Å²) in [5.41, 5.74) is 6.62. The number of hydrazine groups is 1. The number of ether oxygens (including phenoxy) is 2. The molecule has 0 atom stereocenters. The fourth-order valence-electron chi connectivity index (χ4n) is 2.90. The van der Waals surface area contributed by atoms with Gasteiger partial charge in [0.25, 0.3) is 11.8 Å². The second-order valence-electron chi connectivity index (χ2n) is 6.91. The van der Waals surface area contributed by atoms with E-state index in [1.807, 2.05) is 12.1 Å². The summed E-state index contributed by atoms with van der Waals surface area (Å²) in [4.78, 5) is 24.2. The lowest BCUT2D eigenvalue weighted by Crippen LogP contribution is -2.44. The number of hydrogen-bond donors (Lipinski definition) is 3. The first kappa shape index (κ1) is 24.2. The van der Waals surface area contributed by atoms with Gasteiger partial charge in [-0.25, -0.2) is 13.6 Å². The molecule has 0 bridgehead atoms. The molecule has 34 heavy (non-hydrogen) atoms. The highest BCUT2D eigenvalue weighted by atomic mass is 32.2. The van der Waals surface area contributed by atoms with Crippen molar-refractivity contribution in [1.29, 1.82) is 5.26 Å². The number of methoxy groups -OCH3 is 1. The Kier molecular flexibility index (Phi) is 7.47. The lowest BCUT2D eigenvalue weighted by Gasteiger charge is -2.12. The Morgan fingerprint density at radius 2 is 1.59 bits per heavy atom. The van der Waals surface area contributed by atoms with Crippen LogP contribution in [0, 0.1) is 11.3 Å². The first-order chi connectivity index (χ1) is 16.2. The van der Waals surface area contributed by atoms with E-state index in [2.05, 4.69) is 16.9 Å². The number of hydrogen-bond acceptors (Lipinski definition) is 7. The molecule has 0 heterocycles. The van der Waals surface area contributed by atoms with Gasteiger partial charge in [-0.3, -0.25) is 20.4 Å². The summed E-state index contributed by atoms with van der Waals surface area (Å²) in [5.74, 6) is -0.923. The van der Waals surface area contributed by atoms with Gasteiger partial charge in [-0.1, -0.05) is 24.3 Å². The number of nitrogens with two attached hydrogens (primary N) is 1. The third kappa shape index (κ3) is 6.10. The molecule has 0 aromatic heterocycles. The molecule has 0 radical (unpaired) electrons. The van der Waals surface area contributed by atoms with E-state index >= 15 is 0 Å². The van der Waals surface area contributed by atoms with Gasteiger partial charge in [-0.05, 0) is 53.6 Å². The number of nitriles is 1. The molecular formula is C23H20N4O6S. The molecule has 0 aliphatic carbocycles. The highest BCUT2D eigenvalue weighted by molar-refractivity contribution is 7.89. The van der Waals surface area contributed by atoms with Gasteiger partial charge < -0.3 is 9.47 Å². The maximum Gasteiger partial charge on any atom is 0.276 e. The summed E-state index contributed by atoms with van der Waals surface area (Å²) in [6.07, 6.45) is 0. The molecule has 0 unspecified atom stereocenters. The smallest absolute Gasteiger partial charge is 0.276 e. The van der Waals surface area contributed by atoms with Gasteiger partial charge in [0.2, 0.25) is 10.0 Å². The van der Waals surface area contributed by atoms with Crippen molar-refractivity contribution in [3.05, 3.63) is 77.9 Å². The number of nitrogens with zero attached hydrogens (tertiary/aromatic N) is 1. The highest BCUT2D eigenvalue weighted by Gasteiger charge is 2.18. The van der Waals surface area contributed by atoms with E-state index in [0.29, 0.717) is 11.3 Å². The molecule has 174 valence electrons. The van der Waals surface area contributed by atoms with Gasteiger partial charge in [0.1, 0.15) is 11.5 Å². The van der Waals surface area contributed by atoms with E-state index in [4.69, 9.17) is 19.9 Å². The zero-order chi connectivity index (χ0) is 24.7. The van der Waals surface area contributed by atoms with E-state index in [-0.39, 0.29) is 22.8 Å². The summed E-state index contributed by atoms with van der Waals surface area (Å²) < 4.78 is 33.5. The maximum absolute atomic E-state index is 12.4. The zero-order valence-corrected chi connectivity index (χ0v) is 18.8. The minimum absolute atomic E-state index is 0.0951. The summed E-state index contributed by atoms with van der Waals surface area (Å²) in [6.45, 7) is -0.384. The molecule has 0 spiro atoms. The molecule has 2 amide bonds. The predicted molar refractivity (Wildman–Crippen MR) is 122 cm³/mol. The SMILES string of the molecule is COc1ccc(S(N)(=O)=O)cc1C(=O)NNC(=O)COc1ccc(-c2ccc(C#N)cc2)cc1. The van der Waals surface area contributed by atoms with Crippen LogP contribution in [0.15, 0.2) is 71.6 Å². The van der Waals surface area contributed by atoms with E-state index in [0.717, 1.165) is 17.2 Å². The molecule has 0 aliphatic rings. The van der Waals surface area contributed by atoms with Crippen LogP contribution in [0.3, 0.4) is 0 Å². The number of nitrogens with one attached hydrogen (secondary N) is 2. The molecule has 0 saturated carbocycles. The van der Waals surface area contributed by atoms with E-state index < -0.39 is 21.8 Å². The Bertz CT molecular complexity index is 1350. The van der Waals surface area contributed by atoms with Gasteiger partial charge in [0.05, 0.1) is 29.2 Å². The zero-order valence-electron chi connectivity index (χ0n) is 17.9. The van der Waals surface area contributed by atoms with Gasteiger partial charge in [-0.15, -0.1) is 0 Å². The minimum atomic E-state index is -4.03. The molecule has 0 saturated heterocycles. The summed E-state index contributed by atoms with van der Waals surface area (Å²) >= 11 is 0. The van der Waals surface area contributed by atoms with Crippen LogP contribution < -0.4 is 25.5 Å². The van der Waals surface area contributed by atoms with Crippen molar-refractivity contribution in [1.82, 2.24) is 10.9 Å².